The molecule has 0 aromatic carbocycles. The van der Waals surface area contributed by atoms with E-state index in [1.807, 2.05) is 6.20 Å². The van der Waals surface area contributed by atoms with Crippen LogP contribution in [-0.4, -0.2) is 40.0 Å². The fourth-order valence-corrected chi connectivity index (χ4v) is 3.62. The lowest BCUT2D eigenvalue weighted by atomic mass is 9.95. The second kappa shape index (κ2) is 8.54. The van der Waals surface area contributed by atoms with Gasteiger partial charge in [0.1, 0.15) is 28.5 Å². The molecule has 4 heterocycles. The zero-order chi connectivity index (χ0) is 22.0. The Bertz CT molecular complexity index is 1090. The lowest BCUT2D eigenvalue weighted by Crippen LogP contribution is -2.26. The van der Waals surface area contributed by atoms with Crippen molar-refractivity contribution in [3.05, 3.63) is 53.7 Å². The summed E-state index contributed by atoms with van der Waals surface area (Å²) in [6.45, 7) is 4.03. The summed E-state index contributed by atoms with van der Waals surface area (Å²) in [5.74, 6) is -0.0214. The number of ether oxygens (including phenoxy) is 1. The number of nitrogens with one attached hydrogen (secondary N) is 2. The van der Waals surface area contributed by atoms with Crippen molar-refractivity contribution in [2.24, 2.45) is 0 Å². The van der Waals surface area contributed by atoms with Crippen molar-refractivity contribution >= 4 is 17.2 Å². The smallest absolute Gasteiger partial charge is 0.433 e. The topological polar surface area (TPSA) is 80.5 Å². The molecule has 1 aliphatic heterocycles. The molecule has 3 aromatic rings. The summed E-state index contributed by atoms with van der Waals surface area (Å²) < 4.78 is 46.2. The third-order valence-electron chi connectivity index (χ3n) is 5.15. The van der Waals surface area contributed by atoms with Crippen LogP contribution in [0.25, 0.3) is 5.65 Å². The maximum Gasteiger partial charge on any atom is 0.433 e. The summed E-state index contributed by atoms with van der Waals surface area (Å²) in [6.07, 6.45) is 0.927. The highest BCUT2D eigenvalue weighted by molar-refractivity contribution is 6.03. The minimum absolute atomic E-state index is 0.327. The van der Waals surface area contributed by atoms with E-state index < -0.39 is 17.8 Å². The van der Waals surface area contributed by atoms with Crippen LogP contribution in [0, 0.1) is 0 Å². The second-order valence-corrected chi connectivity index (χ2v) is 7.30. The summed E-state index contributed by atoms with van der Waals surface area (Å²) in [5.41, 5.74) is 0.507. The van der Waals surface area contributed by atoms with E-state index in [1.165, 1.54) is 6.07 Å². The van der Waals surface area contributed by atoms with Gasteiger partial charge in [-0.1, -0.05) is 6.07 Å². The van der Waals surface area contributed by atoms with Gasteiger partial charge in [0.05, 0.1) is 12.3 Å². The van der Waals surface area contributed by atoms with Crippen LogP contribution in [0.15, 0.2) is 36.7 Å². The molecule has 0 atom stereocenters. The number of hydrogen-bond acceptors (Lipinski definition) is 5. The average Bonchev–Trinajstić information content (AvgIpc) is 3.17. The van der Waals surface area contributed by atoms with Gasteiger partial charge in [0.15, 0.2) is 0 Å². The Morgan fingerprint density at radius 1 is 1.26 bits per heavy atom. The monoisotopic (exact) mass is 433 g/mol. The van der Waals surface area contributed by atoms with Gasteiger partial charge in [-0.25, -0.2) is 9.97 Å². The molecule has 164 valence electrons. The van der Waals surface area contributed by atoms with Crippen LogP contribution < -0.4 is 15.4 Å². The zero-order valence-corrected chi connectivity index (χ0v) is 16.9. The Morgan fingerprint density at radius 3 is 2.74 bits per heavy atom. The first-order valence-corrected chi connectivity index (χ1v) is 10.1. The Hall–Kier alpha value is -3.14. The van der Waals surface area contributed by atoms with E-state index in [1.54, 1.807) is 23.6 Å². The Kier molecular flexibility index (Phi) is 5.81. The number of imidazole rings is 1. The molecular formula is C21H22F3N5O2. The van der Waals surface area contributed by atoms with Crippen molar-refractivity contribution in [3.63, 3.8) is 0 Å². The number of nitrogens with zero attached hydrogens (tertiary/aromatic N) is 3. The van der Waals surface area contributed by atoms with Crippen molar-refractivity contribution in [2.45, 2.75) is 31.9 Å². The third-order valence-corrected chi connectivity index (χ3v) is 5.15. The Labute approximate surface area is 176 Å². The minimum Gasteiger partial charge on any atom is -0.491 e. The summed E-state index contributed by atoms with van der Waals surface area (Å²) in [6, 6.07) is 4.92. The highest BCUT2D eigenvalue weighted by Crippen LogP contribution is 2.31. The van der Waals surface area contributed by atoms with Crippen LogP contribution in [-0.2, 0) is 6.18 Å². The third kappa shape index (κ3) is 4.63. The molecule has 0 bridgehead atoms. The number of anilines is 1. The number of carbonyl (C=O) groups excluding carboxylic acids is 1. The first-order chi connectivity index (χ1) is 14.8. The first kappa shape index (κ1) is 21.1. The van der Waals surface area contributed by atoms with E-state index >= 15 is 0 Å². The van der Waals surface area contributed by atoms with E-state index in [2.05, 4.69) is 15.6 Å². The number of piperidine rings is 1. The Balaban J connectivity index is 1.64. The number of aromatic nitrogens is 3. The summed E-state index contributed by atoms with van der Waals surface area (Å²) in [4.78, 5) is 20.8. The van der Waals surface area contributed by atoms with Crippen LogP contribution in [0.5, 0.6) is 5.75 Å². The molecule has 1 aliphatic rings. The molecule has 1 fully saturated rings. The van der Waals surface area contributed by atoms with Gasteiger partial charge in [0.25, 0.3) is 5.91 Å². The highest BCUT2D eigenvalue weighted by atomic mass is 19.4. The van der Waals surface area contributed by atoms with Crippen molar-refractivity contribution in [3.8, 4) is 5.75 Å². The van der Waals surface area contributed by atoms with Crippen LogP contribution in [0.3, 0.4) is 0 Å². The van der Waals surface area contributed by atoms with E-state index in [9.17, 15) is 18.0 Å². The maximum absolute atomic E-state index is 12.9. The van der Waals surface area contributed by atoms with Gasteiger partial charge in [-0.3, -0.25) is 4.79 Å². The molecule has 2 N–H and O–H groups in total. The zero-order valence-electron chi connectivity index (χ0n) is 16.9. The van der Waals surface area contributed by atoms with E-state index in [-0.39, 0.29) is 5.69 Å². The van der Waals surface area contributed by atoms with Crippen molar-refractivity contribution in [1.29, 1.82) is 0 Å². The SMILES string of the molecule is CCOc1cc2nc(C3CCNCC3)cn2cc1NC(=O)c1cccc(C(F)(F)F)n1. The number of alkyl halides is 3. The fourth-order valence-electron chi connectivity index (χ4n) is 3.62. The summed E-state index contributed by atoms with van der Waals surface area (Å²) >= 11 is 0. The van der Waals surface area contributed by atoms with Gasteiger partial charge in [0.2, 0.25) is 0 Å². The normalized spacial score (nSPS) is 15.2. The van der Waals surface area contributed by atoms with Crippen molar-refractivity contribution in [2.75, 3.05) is 25.0 Å². The van der Waals surface area contributed by atoms with Crippen LogP contribution in [0.4, 0.5) is 18.9 Å². The highest BCUT2D eigenvalue weighted by Gasteiger charge is 2.33. The van der Waals surface area contributed by atoms with E-state index in [0.29, 0.717) is 29.6 Å². The van der Waals surface area contributed by atoms with E-state index in [4.69, 9.17) is 9.72 Å². The molecule has 3 aromatic heterocycles. The molecule has 1 amide bonds. The number of carbonyl (C=O) groups is 1. The van der Waals surface area contributed by atoms with Crippen LogP contribution in [0.1, 0.15) is 47.6 Å². The number of amides is 1. The minimum atomic E-state index is -4.63. The van der Waals surface area contributed by atoms with E-state index in [0.717, 1.165) is 43.8 Å². The molecule has 0 spiro atoms. The van der Waals surface area contributed by atoms with Gasteiger partial charge >= 0.3 is 6.18 Å². The molecule has 0 aliphatic carbocycles. The lowest BCUT2D eigenvalue weighted by Gasteiger charge is -2.20. The molecule has 4 rings (SSSR count). The molecule has 31 heavy (non-hydrogen) atoms. The summed E-state index contributed by atoms with van der Waals surface area (Å²) in [7, 11) is 0. The number of fused-ring (bicyclic) bond motifs is 1. The predicted octanol–water partition coefficient (Wildman–Crippen LogP) is 3.87. The van der Waals surface area contributed by atoms with Gasteiger partial charge in [-0.2, -0.15) is 13.2 Å². The second-order valence-electron chi connectivity index (χ2n) is 7.30. The summed E-state index contributed by atoms with van der Waals surface area (Å²) in [5, 5.41) is 5.94. The van der Waals surface area contributed by atoms with Crippen LogP contribution in [0.2, 0.25) is 0 Å². The number of hydrogen-bond donors (Lipinski definition) is 2. The van der Waals surface area contributed by atoms with Crippen molar-refractivity contribution < 1.29 is 22.7 Å². The predicted molar refractivity (Wildman–Crippen MR) is 108 cm³/mol. The first-order valence-electron chi connectivity index (χ1n) is 10.1. The largest absolute Gasteiger partial charge is 0.491 e. The molecule has 1 saturated heterocycles. The maximum atomic E-state index is 12.9. The molecule has 0 saturated carbocycles. The van der Waals surface area contributed by atoms with Gasteiger partial charge < -0.3 is 19.8 Å². The number of halogens is 3. The van der Waals surface area contributed by atoms with Gasteiger partial charge in [-0.05, 0) is 45.0 Å². The number of pyridine rings is 2. The van der Waals surface area contributed by atoms with Crippen molar-refractivity contribution in [1.82, 2.24) is 19.7 Å². The molecule has 0 unspecified atom stereocenters. The Morgan fingerprint density at radius 2 is 2.03 bits per heavy atom. The molecule has 10 heteroatoms. The number of rotatable bonds is 5. The molecular weight excluding hydrogens is 411 g/mol. The average molecular weight is 433 g/mol. The lowest BCUT2D eigenvalue weighted by molar-refractivity contribution is -0.141. The molecule has 0 radical (unpaired) electrons. The van der Waals surface area contributed by atoms with Gasteiger partial charge in [-0.15, -0.1) is 0 Å². The van der Waals surface area contributed by atoms with Crippen LogP contribution >= 0.6 is 0 Å². The molecule has 7 nitrogen and oxygen atoms in total. The standard InChI is InChI=1S/C21H22F3N5O2/c1-2-31-17-10-19-27-15(13-6-8-25-9-7-13)11-29(19)12-16(17)28-20(30)14-4-3-5-18(26-14)21(22,23)24/h3-5,10-13,25H,2,6-9H2,1H3,(H,28,30). The van der Waals surface area contributed by atoms with Gasteiger partial charge in [0, 0.05) is 24.4 Å². The quantitative estimate of drug-likeness (QED) is 0.639. The fraction of sp³-hybridized carbons (Fsp3) is 0.381.